The number of carbonyl (C=O) groups is 1. The minimum absolute atomic E-state index is 0.0350. The first-order valence-corrected chi connectivity index (χ1v) is 9.33. The fourth-order valence-corrected chi connectivity index (χ4v) is 3.32. The number of anilines is 2. The second-order valence-corrected chi connectivity index (χ2v) is 7.40. The summed E-state index contributed by atoms with van der Waals surface area (Å²) in [7, 11) is 1.85. The molecule has 1 aromatic carbocycles. The van der Waals surface area contributed by atoms with Gasteiger partial charge >= 0.3 is 12.2 Å². The highest BCUT2D eigenvalue weighted by Crippen LogP contribution is 2.34. The number of pyridine rings is 1. The molecule has 0 radical (unpaired) electrons. The van der Waals surface area contributed by atoms with Crippen molar-refractivity contribution in [3.8, 4) is 0 Å². The summed E-state index contributed by atoms with van der Waals surface area (Å²) in [5, 5.41) is 13.6. The van der Waals surface area contributed by atoms with Crippen molar-refractivity contribution >= 4 is 29.3 Å². The SMILES string of the molecule is CC(Sc1nncn1C)c1cccc(NC(=O)Nc2cccc(C(F)(F)F)n2)c1. The lowest BCUT2D eigenvalue weighted by atomic mass is 10.1. The molecule has 3 rings (SSSR count). The lowest BCUT2D eigenvalue weighted by Crippen LogP contribution is -2.21. The molecule has 0 saturated heterocycles. The van der Waals surface area contributed by atoms with Gasteiger partial charge < -0.3 is 9.88 Å². The number of thioether (sulfide) groups is 1. The number of nitrogens with zero attached hydrogens (tertiary/aromatic N) is 4. The Bertz CT molecular complexity index is 1010. The molecule has 7 nitrogen and oxygen atoms in total. The van der Waals surface area contributed by atoms with Crippen molar-refractivity contribution in [1.29, 1.82) is 0 Å². The summed E-state index contributed by atoms with van der Waals surface area (Å²) in [6.07, 6.45) is -2.97. The average molecular weight is 422 g/mol. The Kier molecular flexibility index (Phi) is 6.06. The maximum absolute atomic E-state index is 12.7. The number of amides is 2. The van der Waals surface area contributed by atoms with Crippen molar-refractivity contribution in [3.63, 3.8) is 0 Å². The zero-order valence-corrected chi connectivity index (χ0v) is 16.3. The van der Waals surface area contributed by atoms with Crippen LogP contribution in [0.5, 0.6) is 0 Å². The third-order valence-electron chi connectivity index (χ3n) is 3.85. The van der Waals surface area contributed by atoms with Crippen molar-refractivity contribution < 1.29 is 18.0 Å². The number of aryl methyl sites for hydroxylation is 1. The van der Waals surface area contributed by atoms with Crippen molar-refractivity contribution in [2.45, 2.75) is 23.5 Å². The van der Waals surface area contributed by atoms with Crippen LogP contribution in [0.2, 0.25) is 0 Å². The third kappa shape index (κ3) is 5.47. The van der Waals surface area contributed by atoms with Gasteiger partial charge in [0.15, 0.2) is 5.16 Å². The summed E-state index contributed by atoms with van der Waals surface area (Å²) in [5.41, 5.74) is 0.359. The number of aromatic nitrogens is 4. The number of hydrogen-bond acceptors (Lipinski definition) is 5. The Morgan fingerprint density at radius 2 is 1.93 bits per heavy atom. The van der Waals surface area contributed by atoms with E-state index in [1.165, 1.54) is 23.9 Å². The largest absolute Gasteiger partial charge is 0.433 e. The van der Waals surface area contributed by atoms with Crippen LogP contribution in [0.15, 0.2) is 53.9 Å². The lowest BCUT2D eigenvalue weighted by molar-refractivity contribution is -0.141. The van der Waals surface area contributed by atoms with Gasteiger partial charge in [-0.05, 0) is 36.8 Å². The summed E-state index contributed by atoms with van der Waals surface area (Å²) in [6, 6.07) is 9.76. The zero-order valence-electron chi connectivity index (χ0n) is 15.4. The summed E-state index contributed by atoms with van der Waals surface area (Å²) >= 11 is 1.51. The van der Waals surface area contributed by atoms with E-state index in [1.54, 1.807) is 29.1 Å². The molecule has 0 aliphatic rings. The smallest absolute Gasteiger partial charge is 0.312 e. The quantitative estimate of drug-likeness (QED) is 0.581. The monoisotopic (exact) mass is 422 g/mol. The maximum atomic E-state index is 12.7. The van der Waals surface area contributed by atoms with Crippen LogP contribution in [0.3, 0.4) is 0 Å². The van der Waals surface area contributed by atoms with Gasteiger partial charge in [-0.1, -0.05) is 30.0 Å². The highest BCUT2D eigenvalue weighted by Gasteiger charge is 2.32. The van der Waals surface area contributed by atoms with E-state index in [4.69, 9.17) is 0 Å². The molecular formula is C18H17F3N6OS. The maximum Gasteiger partial charge on any atom is 0.433 e. The highest BCUT2D eigenvalue weighted by atomic mass is 32.2. The van der Waals surface area contributed by atoms with E-state index in [1.807, 2.05) is 20.0 Å². The van der Waals surface area contributed by atoms with Gasteiger partial charge in [0.1, 0.15) is 17.8 Å². The van der Waals surface area contributed by atoms with Crippen LogP contribution >= 0.6 is 11.8 Å². The molecule has 2 amide bonds. The lowest BCUT2D eigenvalue weighted by Gasteiger charge is -2.13. The van der Waals surface area contributed by atoms with Crippen LogP contribution in [0.1, 0.15) is 23.4 Å². The van der Waals surface area contributed by atoms with Gasteiger partial charge in [-0.15, -0.1) is 10.2 Å². The number of halogens is 3. The van der Waals surface area contributed by atoms with Gasteiger partial charge in [0, 0.05) is 18.0 Å². The molecule has 3 aromatic rings. The predicted molar refractivity (Wildman–Crippen MR) is 104 cm³/mol. The minimum atomic E-state index is -4.58. The van der Waals surface area contributed by atoms with E-state index < -0.39 is 17.9 Å². The molecule has 0 fully saturated rings. The van der Waals surface area contributed by atoms with Gasteiger partial charge in [-0.2, -0.15) is 13.2 Å². The van der Waals surface area contributed by atoms with E-state index in [-0.39, 0.29) is 11.1 Å². The Balaban J connectivity index is 1.65. The number of nitrogens with one attached hydrogen (secondary N) is 2. The molecule has 2 heterocycles. The molecule has 0 spiro atoms. The standard InChI is InChI=1S/C18H17F3N6OS/c1-11(29-17-26-22-10-27(17)2)12-5-3-6-13(9-12)23-16(28)25-15-8-4-7-14(24-15)18(19,20)21/h3-11H,1-2H3,(H2,23,24,25,28). The molecule has 1 atom stereocenters. The zero-order chi connectivity index (χ0) is 21.0. The third-order valence-corrected chi connectivity index (χ3v) is 5.05. The number of alkyl halides is 3. The summed E-state index contributed by atoms with van der Waals surface area (Å²) in [4.78, 5) is 15.6. The van der Waals surface area contributed by atoms with E-state index in [9.17, 15) is 18.0 Å². The molecule has 0 saturated carbocycles. The number of carbonyl (C=O) groups excluding carboxylic acids is 1. The molecule has 2 N–H and O–H groups in total. The molecule has 0 aliphatic carbocycles. The predicted octanol–water partition coefficient (Wildman–Crippen LogP) is 4.73. The number of rotatable bonds is 5. The molecule has 11 heteroatoms. The minimum Gasteiger partial charge on any atom is -0.312 e. The second-order valence-electron chi connectivity index (χ2n) is 6.09. The van der Waals surface area contributed by atoms with Crippen LogP contribution in [0.25, 0.3) is 0 Å². The Morgan fingerprint density at radius 1 is 1.17 bits per heavy atom. The topological polar surface area (TPSA) is 84.7 Å². The van der Waals surface area contributed by atoms with Crippen LogP contribution < -0.4 is 10.6 Å². The fraction of sp³-hybridized carbons (Fsp3) is 0.222. The van der Waals surface area contributed by atoms with Crippen LogP contribution in [0, 0.1) is 0 Å². The first-order valence-electron chi connectivity index (χ1n) is 8.45. The van der Waals surface area contributed by atoms with Crippen molar-refractivity contribution in [2.24, 2.45) is 7.05 Å². The van der Waals surface area contributed by atoms with Crippen molar-refractivity contribution in [3.05, 3.63) is 60.0 Å². The second kappa shape index (κ2) is 8.52. The van der Waals surface area contributed by atoms with Crippen molar-refractivity contribution in [2.75, 3.05) is 10.6 Å². The average Bonchev–Trinajstić information content (AvgIpc) is 3.06. The Labute approximate surface area is 168 Å². The van der Waals surface area contributed by atoms with Gasteiger partial charge in [0.05, 0.1) is 0 Å². The number of hydrogen-bond donors (Lipinski definition) is 2. The van der Waals surface area contributed by atoms with Gasteiger partial charge in [-0.25, -0.2) is 9.78 Å². The van der Waals surface area contributed by atoms with Crippen LogP contribution in [-0.2, 0) is 13.2 Å². The highest BCUT2D eigenvalue weighted by molar-refractivity contribution is 7.99. The molecule has 1 unspecified atom stereocenters. The van der Waals surface area contributed by atoms with E-state index in [0.717, 1.165) is 16.8 Å². The number of benzene rings is 1. The fourth-order valence-electron chi connectivity index (χ4n) is 2.42. The molecule has 2 aromatic heterocycles. The van der Waals surface area contributed by atoms with E-state index in [0.29, 0.717) is 5.69 Å². The van der Waals surface area contributed by atoms with Crippen LogP contribution in [-0.4, -0.2) is 25.8 Å². The molecule has 0 bridgehead atoms. The summed E-state index contributed by atoms with van der Waals surface area (Å²) < 4.78 is 40.0. The summed E-state index contributed by atoms with van der Waals surface area (Å²) in [5.74, 6) is -0.195. The first kappa shape index (κ1) is 20.6. The summed E-state index contributed by atoms with van der Waals surface area (Å²) in [6.45, 7) is 1.99. The molecule has 0 aliphatic heterocycles. The van der Waals surface area contributed by atoms with Gasteiger partial charge in [0.25, 0.3) is 0 Å². The molecule has 152 valence electrons. The first-order chi connectivity index (χ1) is 13.7. The van der Waals surface area contributed by atoms with E-state index >= 15 is 0 Å². The van der Waals surface area contributed by atoms with Crippen molar-refractivity contribution in [1.82, 2.24) is 19.7 Å². The Morgan fingerprint density at radius 3 is 2.62 bits per heavy atom. The Hall–Kier alpha value is -3.08. The number of urea groups is 1. The van der Waals surface area contributed by atoms with Gasteiger partial charge in [0.2, 0.25) is 0 Å². The van der Waals surface area contributed by atoms with Crippen LogP contribution in [0.4, 0.5) is 29.5 Å². The van der Waals surface area contributed by atoms with Gasteiger partial charge in [-0.3, -0.25) is 5.32 Å². The molecular weight excluding hydrogens is 405 g/mol. The van der Waals surface area contributed by atoms with E-state index in [2.05, 4.69) is 25.8 Å². The normalized spacial score (nSPS) is 12.4. The molecule has 29 heavy (non-hydrogen) atoms.